The second kappa shape index (κ2) is 9.67. The number of hydrogen-bond donors (Lipinski definition) is 2. The van der Waals surface area contributed by atoms with Crippen LogP contribution < -0.4 is 10.2 Å². The highest BCUT2D eigenvalue weighted by molar-refractivity contribution is 7.71. The van der Waals surface area contributed by atoms with Crippen molar-refractivity contribution in [3.8, 4) is 11.4 Å². The highest BCUT2D eigenvalue weighted by atomic mass is 32.1. The van der Waals surface area contributed by atoms with Crippen LogP contribution in [0.1, 0.15) is 18.1 Å². The van der Waals surface area contributed by atoms with Gasteiger partial charge in [0.05, 0.1) is 0 Å². The van der Waals surface area contributed by atoms with Gasteiger partial charge in [-0.25, -0.2) is 0 Å². The SMILES string of the molecule is CCN1CCN(c2ccc(NC(=O)Cn3c(-c4cccc(C)c4)n[nH]c3=S)c(C)c2)CC1. The molecule has 1 amide bonds. The number of aryl methyl sites for hydroxylation is 2. The fourth-order valence-corrected chi connectivity index (χ4v) is 4.31. The van der Waals surface area contributed by atoms with E-state index in [-0.39, 0.29) is 12.5 Å². The fraction of sp³-hybridized carbons (Fsp3) is 0.375. The van der Waals surface area contributed by atoms with Gasteiger partial charge in [0, 0.05) is 43.1 Å². The molecule has 0 saturated carbocycles. The lowest BCUT2D eigenvalue weighted by molar-refractivity contribution is -0.116. The Balaban J connectivity index is 1.45. The van der Waals surface area contributed by atoms with E-state index < -0.39 is 0 Å². The van der Waals surface area contributed by atoms with Gasteiger partial charge in [0.1, 0.15) is 6.54 Å². The van der Waals surface area contributed by atoms with Gasteiger partial charge >= 0.3 is 0 Å². The Morgan fingerprint density at radius 3 is 2.59 bits per heavy atom. The largest absolute Gasteiger partial charge is 0.369 e. The smallest absolute Gasteiger partial charge is 0.244 e. The van der Waals surface area contributed by atoms with Crippen LogP contribution >= 0.6 is 12.2 Å². The second-order valence-electron chi connectivity index (χ2n) is 8.28. The number of carbonyl (C=O) groups is 1. The molecule has 7 nitrogen and oxygen atoms in total. The summed E-state index contributed by atoms with van der Waals surface area (Å²) in [6, 6.07) is 14.2. The Morgan fingerprint density at radius 2 is 1.91 bits per heavy atom. The van der Waals surface area contributed by atoms with Crippen molar-refractivity contribution >= 4 is 29.5 Å². The summed E-state index contributed by atoms with van der Waals surface area (Å²) in [6.07, 6.45) is 0. The van der Waals surface area contributed by atoms with E-state index in [1.54, 1.807) is 4.57 Å². The third-order valence-electron chi connectivity index (χ3n) is 6.00. The predicted molar refractivity (Wildman–Crippen MR) is 132 cm³/mol. The summed E-state index contributed by atoms with van der Waals surface area (Å²) in [6.45, 7) is 11.7. The average molecular weight is 451 g/mol. The van der Waals surface area contributed by atoms with Gasteiger partial charge in [-0.2, -0.15) is 5.10 Å². The number of rotatable bonds is 6. The highest BCUT2D eigenvalue weighted by Gasteiger charge is 2.17. The predicted octanol–water partition coefficient (Wildman–Crippen LogP) is 4.01. The number of likely N-dealkylation sites (N-methyl/N-ethyl adjacent to an activating group) is 1. The maximum Gasteiger partial charge on any atom is 0.244 e. The molecule has 1 aromatic heterocycles. The number of carbonyl (C=O) groups excluding carboxylic acids is 1. The van der Waals surface area contributed by atoms with Crippen molar-refractivity contribution in [2.24, 2.45) is 0 Å². The molecule has 0 spiro atoms. The van der Waals surface area contributed by atoms with E-state index in [9.17, 15) is 4.79 Å². The van der Waals surface area contributed by atoms with Crippen LogP contribution in [0, 0.1) is 18.6 Å². The molecule has 1 aliphatic rings. The molecule has 32 heavy (non-hydrogen) atoms. The number of aromatic nitrogens is 3. The maximum absolute atomic E-state index is 12.9. The van der Waals surface area contributed by atoms with Gasteiger partial charge in [0.2, 0.25) is 5.91 Å². The zero-order valence-corrected chi connectivity index (χ0v) is 19.7. The second-order valence-corrected chi connectivity index (χ2v) is 8.66. The van der Waals surface area contributed by atoms with Crippen molar-refractivity contribution in [2.75, 3.05) is 42.9 Å². The minimum absolute atomic E-state index is 0.0960. The molecule has 0 radical (unpaired) electrons. The molecule has 8 heteroatoms. The summed E-state index contributed by atoms with van der Waals surface area (Å²) in [7, 11) is 0. The number of nitrogens with zero attached hydrogens (tertiary/aromatic N) is 4. The minimum Gasteiger partial charge on any atom is -0.369 e. The monoisotopic (exact) mass is 450 g/mol. The fourth-order valence-electron chi connectivity index (χ4n) is 4.11. The van der Waals surface area contributed by atoms with E-state index in [2.05, 4.69) is 44.4 Å². The molecule has 0 bridgehead atoms. The van der Waals surface area contributed by atoms with Crippen LogP contribution in [0.5, 0.6) is 0 Å². The third kappa shape index (κ3) is 4.92. The van der Waals surface area contributed by atoms with E-state index >= 15 is 0 Å². The quantitative estimate of drug-likeness (QED) is 0.556. The van der Waals surface area contributed by atoms with E-state index in [0.29, 0.717) is 10.6 Å². The number of piperazine rings is 1. The van der Waals surface area contributed by atoms with Crippen molar-refractivity contribution < 1.29 is 4.79 Å². The molecule has 0 atom stereocenters. The topological polar surface area (TPSA) is 69.2 Å². The molecule has 0 aliphatic carbocycles. The molecule has 1 saturated heterocycles. The van der Waals surface area contributed by atoms with E-state index in [1.165, 1.54) is 5.69 Å². The molecule has 168 valence electrons. The molecule has 1 aliphatic heterocycles. The minimum atomic E-state index is -0.135. The van der Waals surface area contributed by atoms with Gasteiger partial charge in [-0.15, -0.1) is 0 Å². The first kappa shape index (κ1) is 22.2. The van der Waals surface area contributed by atoms with Crippen LogP contribution in [-0.4, -0.2) is 58.3 Å². The first-order chi connectivity index (χ1) is 15.4. The number of benzene rings is 2. The molecule has 2 heterocycles. The summed E-state index contributed by atoms with van der Waals surface area (Å²) in [5.74, 6) is 0.524. The van der Waals surface area contributed by atoms with Gasteiger partial charge in [-0.05, 0) is 62.4 Å². The molecule has 2 N–H and O–H groups in total. The molecule has 0 unspecified atom stereocenters. The lowest BCUT2D eigenvalue weighted by Gasteiger charge is -2.35. The molecule has 4 rings (SSSR count). The number of aromatic amines is 1. The van der Waals surface area contributed by atoms with Gasteiger partial charge in [-0.3, -0.25) is 14.5 Å². The van der Waals surface area contributed by atoms with Crippen LogP contribution in [0.25, 0.3) is 11.4 Å². The number of anilines is 2. The van der Waals surface area contributed by atoms with E-state index in [4.69, 9.17) is 12.2 Å². The lowest BCUT2D eigenvalue weighted by Crippen LogP contribution is -2.46. The van der Waals surface area contributed by atoms with Gasteiger partial charge < -0.3 is 15.1 Å². The maximum atomic E-state index is 12.9. The Labute approximate surface area is 194 Å². The molecule has 2 aromatic carbocycles. The summed E-state index contributed by atoms with van der Waals surface area (Å²) >= 11 is 5.38. The standard InChI is InChI=1S/C24H30N6OS/c1-4-28-10-12-29(13-11-28)20-8-9-21(18(3)15-20)25-22(31)16-30-23(26-27-24(30)32)19-7-5-6-17(2)14-19/h5-9,14-15H,4,10-13,16H2,1-3H3,(H,25,31)(H,27,32). The van der Waals surface area contributed by atoms with Crippen LogP contribution in [-0.2, 0) is 11.3 Å². The van der Waals surface area contributed by atoms with Crippen molar-refractivity contribution in [3.63, 3.8) is 0 Å². The van der Waals surface area contributed by atoms with Crippen LogP contribution in [0.3, 0.4) is 0 Å². The van der Waals surface area contributed by atoms with Crippen LogP contribution in [0.15, 0.2) is 42.5 Å². The van der Waals surface area contributed by atoms with Crippen molar-refractivity contribution in [3.05, 3.63) is 58.4 Å². The average Bonchev–Trinajstić information content (AvgIpc) is 3.15. The van der Waals surface area contributed by atoms with Gasteiger partial charge in [0.25, 0.3) is 0 Å². The van der Waals surface area contributed by atoms with Gasteiger partial charge in [-0.1, -0.05) is 30.7 Å². The van der Waals surface area contributed by atoms with E-state index in [0.717, 1.165) is 55.1 Å². The lowest BCUT2D eigenvalue weighted by atomic mass is 10.1. The van der Waals surface area contributed by atoms with E-state index in [1.807, 2.05) is 44.2 Å². The van der Waals surface area contributed by atoms with Crippen molar-refractivity contribution in [2.45, 2.75) is 27.3 Å². The molecular formula is C24H30N6OS. The first-order valence-corrected chi connectivity index (χ1v) is 11.5. The summed E-state index contributed by atoms with van der Waals surface area (Å²) in [4.78, 5) is 17.7. The summed E-state index contributed by atoms with van der Waals surface area (Å²) in [5.41, 5.74) is 5.12. The van der Waals surface area contributed by atoms with Crippen molar-refractivity contribution in [1.82, 2.24) is 19.7 Å². The Hall–Kier alpha value is -2.97. The summed E-state index contributed by atoms with van der Waals surface area (Å²) < 4.78 is 2.16. The number of amides is 1. The summed E-state index contributed by atoms with van der Waals surface area (Å²) in [5, 5.41) is 10.2. The van der Waals surface area contributed by atoms with Crippen molar-refractivity contribution in [1.29, 1.82) is 0 Å². The zero-order chi connectivity index (χ0) is 22.7. The Kier molecular flexibility index (Phi) is 6.72. The number of hydrogen-bond acceptors (Lipinski definition) is 5. The van der Waals surface area contributed by atoms with Gasteiger partial charge in [0.15, 0.2) is 10.6 Å². The van der Waals surface area contributed by atoms with Crippen LogP contribution in [0.4, 0.5) is 11.4 Å². The van der Waals surface area contributed by atoms with Crippen LogP contribution in [0.2, 0.25) is 0 Å². The Morgan fingerprint density at radius 1 is 1.12 bits per heavy atom. The number of H-pyrrole nitrogens is 1. The third-order valence-corrected chi connectivity index (χ3v) is 6.32. The molecular weight excluding hydrogens is 420 g/mol. The number of nitrogens with one attached hydrogen (secondary N) is 2. The molecule has 3 aromatic rings. The Bertz CT molecular complexity index is 1160. The highest BCUT2D eigenvalue weighted by Crippen LogP contribution is 2.24. The first-order valence-electron chi connectivity index (χ1n) is 11.0. The zero-order valence-electron chi connectivity index (χ0n) is 18.9. The molecule has 1 fully saturated rings. The normalized spacial score (nSPS) is 14.5.